The summed E-state index contributed by atoms with van der Waals surface area (Å²) in [6.07, 6.45) is 15.2. The van der Waals surface area contributed by atoms with E-state index in [1.54, 1.807) is 0 Å². The third-order valence-corrected chi connectivity index (χ3v) is 11.6. The molecule has 302 valence electrons. The first-order valence-electron chi connectivity index (χ1n) is 20.8. The molecule has 1 aromatic rings. The normalized spacial score (nSPS) is 18.1. The van der Waals surface area contributed by atoms with Crippen molar-refractivity contribution in [1.82, 2.24) is 4.90 Å². The van der Waals surface area contributed by atoms with E-state index < -0.39 is 12.3 Å². The number of para-hydroxylation sites is 2. The lowest BCUT2D eigenvalue weighted by Gasteiger charge is -2.42. The van der Waals surface area contributed by atoms with Crippen molar-refractivity contribution in [2.24, 2.45) is 4.99 Å². The molecule has 2 atom stereocenters. The lowest BCUT2D eigenvalue weighted by atomic mass is 10.1. The van der Waals surface area contributed by atoms with Gasteiger partial charge in [-0.15, -0.1) is 11.8 Å². The summed E-state index contributed by atoms with van der Waals surface area (Å²) in [6, 6.07) is 8.17. The van der Waals surface area contributed by atoms with Crippen molar-refractivity contribution in [2.75, 3.05) is 58.5 Å². The van der Waals surface area contributed by atoms with Gasteiger partial charge in [0.05, 0.1) is 49.6 Å². The number of ether oxygens (including phenoxy) is 4. The highest BCUT2D eigenvalue weighted by atomic mass is 32.2. The second kappa shape index (κ2) is 23.6. The van der Waals surface area contributed by atoms with Crippen LogP contribution < -0.4 is 5.32 Å². The number of hydrogen-bond acceptors (Lipinski definition) is 11. The summed E-state index contributed by atoms with van der Waals surface area (Å²) < 4.78 is 22.7. The average molecular weight is 772 g/mol. The highest BCUT2D eigenvalue weighted by molar-refractivity contribution is 8.04. The fourth-order valence-electron chi connectivity index (χ4n) is 7.01. The molecule has 54 heavy (non-hydrogen) atoms. The summed E-state index contributed by atoms with van der Waals surface area (Å²) in [5.41, 5.74) is 3.23. The number of anilines is 1. The standard InChI is InChI=1S/C42H67N4O7S/c1-5-7-9-11-13-15-17-23-38(47)50-30-34(53-39(48)24-18-16-14-12-10-8-6-2)31-51-42(49)52-32-46(4)27-25-45(26-28-46)40-35-29-33(3)54-41(35)44-37-22-20-19-21-36(37)43-40/h19-22,33-34,44H,5-18,23-32H2,1-4H3/q+1/t33?,34-/m0/s1. The Hall–Kier alpha value is -3.25. The molecule has 11 nitrogen and oxygen atoms in total. The zero-order valence-corrected chi connectivity index (χ0v) is 34.4. The SMILES string of the molecule is CCCCCCCCCC(=O)OC[C@@H](COC(=O)OC[N+]1(C)CCN(C2=Nc3ccccc3NC3=C2CC(C)S3)CC1)OC(=O)CCCCCCCCC. The lowest BCUT2D eigenvalue weighted by Crippen LogP contribution is -2.59. The molecular formula is C42H67N4O7S+. The quantitative estimate of drug-likeness (QED) is 0.0499. The molecule has 0 aliphatic carbocycles. The number of hydrogen-bond donors (Lipinski definition) is 1. The Kier molecular flexibility index (Phi) is 19.0. The van der Waals surface area contributed by atoms with Gasteiger partial charge in [0.25, 0.3) is 0 Å². The molecule has 0 radical (unpaired) electrons. The minimum Gasteiger partial charge on any atom is -0.462 e. The number of esters is 2. The summed E-state index contributed by atoms with van der Waals surface area (Å²) in [7, 11) is 2.08. The first-order valence-corrected chi connectivity index (χ1v) is 21.7. The van der Waals surface area contributed by atoms with Gasteiger partial charge in [-0.25, -0.2) is 9.79 Å². The van der Waals surface area contributed by atoms with E-state index in [-0.39, 0.29) is 38.3 Å². The number of unbranched alkanes of at least 4 members (excludes halogenated alkanes) is 12. The summed E-state index contributed by atoms with van der Waals surface area (Å²) in [6.45, 7) is 9.46. The number of carbonyl (C=O) groups is 3. The number of quaternary nitrogens is 1. The van der Waals surface area contributed by atoms with Crippen molar-refractivity contribution < 1.29 is 37.8 Å². The Morgan fingerprint density at radius 3 is 2.09 bits per heavy atom. The van der Waals surface area contributed by atoms with Crippen LogP contribution in [0.15, 0.2) is 39.9 Å². The van der Waals surface area contributed by atoms with Crippen LogP contribution in [0.4, 0.5) is 16.2 Å². The minimum absolute atomic E-state index is 0.153. The molecule has 1 fully saturated rings. The van der Waals surface area contributed by atoms with Crippen molar-refractivity contribution in [3.8, 4) is 0 Å². The molecule has 3 heterocycles. The van der Waals surface area contributed by atoms with Gasteiger partial charge in [0.1, 0.15) is 19.0 Å². The molecule has 3 aliphatic heterocycles. The third-order valence-electron chi connectivity index (χ3n) is 10.4. The number of benzene rings is 1. The summed E-state index contributed by atoms with van der Waals surface area (Å²) >= 11 is 1.87. The fraction of sp³-hybridized carbons (Fsp3) is 0.714. The number of piperazine rings is 1. The summed E-state index contributed by atoms with van der Waals surface area (Å²) in [4.78, 5) is 45.5. The van der Waals surface area contributed by atoms with Crippen LogP contribution in [0.25, 0.3) is 0 Å². The molecule has 1 aromatic carbocycles. The van der Waals surface area contributed by atoms with E-state index in [0.29, 0.717) is 16.2 Å². The Morgan fingerprint density at radius 2 is 1.43 bits per heavy atom. The second-order valence-corrected chi connectivity index (χ2v) is 16.9. The number of likely N-dealkylation sites (N-methyl/N-ethyl adjacent to an activating group) is 1. The van der Waals surface area contributed by atoms with Gasteiger partial charge in [-0.05, 0) is 31.4 Å². The Morgan fingerprint density at radius 1 is 0.833 bits per heavy atom. The highest BCUT2D eigenvalue weighted by Crippen LogP contribution is 2.43. The van der Waals surface area contributed by atoms with Crippen LogP contribution in [0.2, 0.25) is 0 Å². The number of carbonyl (C=O) groups excluding carboxylic acids is 3. The first-order chi connectivity index (χ1) is 26.2. The molecule has 12 heteroatoms. The number of nitrogens with zero attached hydrogens (tertiary/aromatic N) is 3. The van der Waals surface area contributed by atoms with E-state index in [1.165, 1.54) is 62.0 Å². The maximum atomic E-state index is 12.8. The minimum atomic E-state index is -0.892. The van der Waals surface area contributed by atoms with Gasteiger partial charge >= 0.3 is 18.1 Å². The maximum Gasteiger partial charge on any atom is 0.512 e. The van der Waals surface area contributed by atoms with Gasteiger partial charge in [0.15, 0.2) is 6.10 Å². The molecule has 0 spiro atoms. The Labute approximate surface area is 328 Å². The molecule has 3 aliphatic rings. The van der Waals surface area contributed by atoms with E-state index in [0.717, 1.165) is 88.3 Å². The predicted octanol–water partition coefficient (Wildman–Crippen LogP) is 9.49. The van der Waals surface area contributed by atoms with E-state index in [9.17, 15) is 14.4 Å². The number of nitrogens with one attached hydrogen (secondary N) is 1. The zero-order valence-electron chi connectivity index (χ0n) is 33.5. The van der Waals surface area contributed by atoms with E-state index in [4.69, 9.17) is 23.9 Å². The molecule has 1 unspecified atom stereocenters. The van der Waals surface area contributed by atoms with Crippen LogP contribution in [0.3, 0.4) is 0 Å². The largest absolute Gasteiger partial charge is 0.512 e. The number of thioether (sulfide) groups is 1. The number of aliphatic imine (C=N–C) groups is 1. The van der Waals surface area contributed by atoms with Crippen molar-refractivity contribution in [1.29, 1.82) is 0 Å². The molecule has 1 saturated heterocycles. The number of rotatable bonds is 23. The molecule has 4 rings (SSSR count). The van der Waals surface area contributed by atoms with Gasteiger partial charge in [-0.3, -0.25) is 14.1 Å². The molecule has 1 N–H and O–H groups in total. The maximum absolute atomic E-state index is 12.8. The zero-order chi connectivity index (χ0) is 38.6. The van der Waals surface area contributed by atoms with E-state index in [2.05, 4.69) is 44.1 Å². The van der Waals surface area contributed by atoms with Crippen LogP contribution in [-0.4, -0.2) is 97.8 Å². The van der Waals surface area contributed by atoms with Crippen LogP contribution in [-0.2, 0) is 28.5 Å². The fourth-order valence-corrected chi connectivity index (χ4v) is 8.14. The van der Waals surface area contributed by atoms with Crippen molar-refractivity contribution in [3.05, 3.63) is 34.9 Å². The van der Waals surface area contributed by atoms with E-state index in [1.807, 2.05) is 30.0 Å². The number of amidine groups is 1. The molecule has 0 amide bonds. The van der Waals surface area contributed by atoms with Gasteiger partial charge < -0.3 is 29.2 Å². The van der Waals surface area contributed by atoms with Crippen LogP contribution >= 0.6 is 11.8 Å². The summed E-state index contributed by atoms with van der Waals surface area (Å²) in [5, 5.41) is 5.29. The van der Waals surface area contributed by atoms with Gasteiger partial charge in [0, 0.05) is 23.7 Å². The first kappa shape index (κ1) is 43.5. The van der Waals surface area contributed by atoms with Gasteiger partial charge in [-0.2, -0.15) is 0 Å². The van der Waals surface area contributed by atoms with E-state index >= 15 is 0 Å². The van der Waals surface area contributed by atoms with Gasteiger partial charge in [0.2, 0.25) is 6.73 Å². The van der Waals surface area contributed by atoms with Crippen LogP contribution in [0.5, 0.6) is 0 Å². The van der Waals surface area contributed by atoms with Crippen molar-refractivity contribution >= 4 is 47.1 Å². The molecule has 0 saturated carbocycles. The summed E-state index contributed by atoms with van der Waals surface area (Å²) in [5.74, 6) is 0.317. The van der Waals surface area contributed by atoms with Gasteiger partial charge in [-0.1, -0.05) is 110 Å². The average Bonchev–Trinajstić information content (AvgIpc) is 3.45. The van der Waals surface area contributed by atoms with Crippen LogP contribution in [0, 0.1) is 0 Å². The van der Waals surface area contributed by atoms with Crippen LogP contribution in [0.1, 0.15) is 130 Å². The Balaban J connectivity index is 1.22. The predicted molar refractivity (Wildman–Crippen MR) is 217 cm³/mol. The number of fused-ring (bicyclic) bond motifs is 1. The second-order valence-electron chi connectivity index (χ2n) is 15.4. The molecule has 0 aromatic heterocycles. The molecular weight excluding hydrogens is 705 g/mol. The molecule has 0 bridgehead atoms. The van der Waals surface area contributed by atoms with Crippen molar-refractivity contribution in [2.45, 2.75) is 141 Å². The topological polar surface area (TPSA) is 116 Å². The smallest absolute Gasteiger partial charge is 0.462 e. The lowest BCUT2D eigenvalue weighted by molar-refractivity contribution is -0.929. The van der Waals surface area contributed by atoms with Crippen molar-refractivity contribution in [3.63, 3.8) is 0 Å². The Bertz CT molecular complexity index is 1390. The third kappa shape index (κ3) is 15.1. The monoisotopic (exact) mass is 771 g/mol. The highest BCUT2D eigenvalue weighted by Gasteiger charge is 2.36.